The Morgan fingerprint density at radius 1 is 0.935 bits per heavy atom. The van der Waals surface area contributed by atoms with Crippen LogP contribution in [0.15, 0.2) is 65.1 Å². The third-order valence-electron chi connectivity index (χ3n) is 5.72. The molecule has 0 saturated carbocycles. The van der Waals surface area contributed by atoms with Crippen LogP contribution in [0.1, 0.15) is 40.0 Å². The van der Waals surface area contributed by atoms with Gasteiger partial charge in [0.25, 0.3) is 0 Å². The fourth-order valence-corrected chi connectivity index (χ4v) is 4.53. The lowest BCUT2D eigenvalue weighted by molar-refractivity contribution is 0.174. The van der Waals surface area contributed by atoms with Crippen molar-refractivity contribution in [1.29, 1.82) is 0 Å². The molecule has 0 aliphatic carbocycles. The molecule has 0 aromatic heterocycles. The Kier molecular flexibility index (Phi) is 5.12. The second kappa shape index (κ2) is 7.94. The van der Waals surface area contributed by atoms with Gasteiger partial charge in [-0.3, -0.25) is 5.32 Å². The lowest BCUT2D eigenvalue weighted by Gasteiger charge is -2.34. The largest absolute Gasteiger partial charge is 0.508 e. The van der Waals surface area contributed by atoms with Crippen molar-refractivity contribution in [3.8, 4) is 17.2 Å². The highest BCUT2D eigenvalue weighted by Gasteiger charge is 2.27. The number of phenols is 1. The average Bonchev–Trinajstić information content (AvgIpc) is 3.23. The Bertz CT molecular complexity index is 1190. The molecule has 5 rings (SSSR count). The van der Waals surface area contributed by atoms with Crippen LogP contribution in [0.25, 0.3) is 5.70 Å². The number of benzene rings is 3. The van der Waals surface area contributed by atoms with Gasteiger partial charge in [0.1, 0.15) is 11.9 Å². The number of aromatic hydroxyl groups is 1. The van der Waals surface area contributed by atoms with Gasteiger partial charge in [-0.05, 0) is 67.4 Å². The van der Waals surface area contributed by atoms with Crippen LogP contribution in [-0.4, -0.2) is 11.9 Å². The third-order valence-corrected chi connectivity index (χ3v) is 6.22. The molecule has 31 heavy (non-hydrogen) atoms. The van der Waals surface area contributed by atoms with Crippen molar-refractivity contribution in [1.82, 2.24) is 10.6 Å². The van der Waals surface area contributed by atoms with E-state index in [1.54, 1.807) is 6.07 Å². The molecule has 5 nitrogen and oxygen atoms in total. The van der Waals surface area contributed by atoms with Gasteiger partial charge in [-0.15, -0.1) is 0 Å². The van der Waals surface area contributed by atoms with Crippen molar-refractivity contribution in [2.45, 2.75) is 26.1 Å². The molecule has 6 heteroatoms. The molecule has 3 N–H and O–H groups in total. The Morgan fingerprint density at radius 2 is 1.77 bits per heavy atom. The molecule has 2 heterocycles. The fourth-order valence-electron chi connectivity index (χ4n) is 4.15. The van der Waals surface area contributed by atoms with Gasteiger partial charge < -0.3 is 19.9 Å². The van der Waals surface area contributed by atoms with E-state index in [0.717, 1.165) is 38.4 Å². The number of ether oxygens (including phenoxy) is 2. The lowest BCUT2D eigenvalue weighted by atomic mass is 9.96. The van der Waals surface area contributed by atoms with Gasteiger partial charge in [0, 0.05) is 21.3 Å². The summed E-state index contributed by atoms with van der Waals surface area (Å²) in [7, 11) is 0. The van der Waals surface area contributed by atoms with Gasteiger partial charge in [-0.2, -0.15) is 0 Å². The van der Waals surface area contributed by atoms with Gasteiger partial charge >= 0.3 is 0 Å². The quantitative estimate of drug-likeness (QED) is 0.465. The monoisotopic (exact) mass is 478 g/mol. The van der Waals surface area contributed by atoms with Gasteiger partial charge in [0.05, 0.1) is 6.04 Å². The van der Waals surface area contributed by atoms with Gasteiger partial charge in [0.2, 0.25) is 6.79 Å². The number of fused-ring (bicyclic) bond motifs is 1. The second-order valence-corrected chi connectivity index (χ2v) is 8.85. The molecule has 2 aliphatic heterocycles. The molecule has 0 fully saturated rings. The number of nitrogens with one attached hydrogen (secondary N) is 2. The minimum absolute atomic E-state index is 0.130. The first kappa shape index (κ1) is 20.0. The van der Waals surface area contributed by atoms with Crippen LogP contribution >= 0.6 is 15.9 Å². The minimum atomic E-state index is -0.190. The highest BCUT2D eigenvalue weighted by Crippen LogP contribution is 2.38. The third kappa shape index (κ3) is 3.89. The maximum atomic E-state index is 10.6. The summed E-state index contributed by atoms with van der Waals surface area (Å²) in [6.07, 6.45) is 1.97. The predicted molar refractivity (Wildman–Crippen MR) is 124 cm³/mol. The van der Waals surface area contributed by atoms with Crippen LogP contribution in [-0.2, 0) is 0 Å². The first-order chi connectivity index (χ1) is 15.0. The van der Waals surface area contributed by atoms with Crippen molar-refractivity contribution < 1.29 is 14.6 Å². The van der Waals surface area contributed by atoms with Crippen LogP contribution in [0.5, 0.6) is 17.2 Å². The number of hydrogen-bond acceptors (Lipinski definition) is 5. The number of aryl methyl sites for hydroxylation is 2. The SMILES string of the molecule is Cc1ccc(C2NC(c3ccc4c(c3)OCO4)=CC(c3cc(Br)ccc3O)N2)c(C)c1. The number of phenolic OH excluding ortho intramolecular Hbond substituents is 1. The maximum absolute atomic E-state index is 10.6. The summed E-state index contributed by atoms with van der Waals surface area (Å²) < 4.78 is 12.0. The van der Waals surface area contributed by atoms with Gasteiger partial charge in [-0.1, -0.05) is 39.7 Å². The molecule has 0 amide bonds. The Morgan fingerprint density at radius 3 is 2.61 bits per heavy atom. The average molecular weight is 479 g/mol. The van der Waals surface area contributed by atoms with Crippen LogP contribution in [0, 0.1) is 13.8 Å². The maximum Gasteiger partial charge on any atom is 0.231 e. The first-order valence-electron chi connectivity index (χ1n) is 10.2. The van der Waals surface area contributed by atoms with E-state index < -0.39 is 0 Å². The van der Waals surface area contributed by atoms with E-state index in [2.05, 4.69) is 64.7 Å². The zero-order valence-electron chi connectivity index (χ0n) is 17.3. The van der Waals surface area contributed by atoms with E-state index in [1.807, 2.05) is 30.3 Å². The van der Waals surface area contributed by atoms with Crippen molar-refractivity contribution in [3.63, 3.8) is 0 Å². The van der Waals surface area contributed by atoms with Crippen LogP contribution < -0.4 is 20.1 Å². The standard InChI is InChI=1S/C25H23BrN2O3/c1-14-3-6-18(15(2)9-14)25-27-20(16-4-8-23-24(10-16)31-13-30-23)12-21(28-25)19-11-17(26)5-7-22(19)29/h3-12,21,25,27-29H,13H2,1-2H3. The summed E-state index contributed by atoms with van der Waals surface area (Å²) in [5, 5.41) is 17.8. The first-order valence-corrected chi connectivity index (χ1v) is 11.0. The van der Waals surface area contributed by atoms with E-state index >= 15 is 0 Å². The van der Waals surface area contributed by atoms with Crippen molar-refractivity contribution in [2.24, 2.45) is 0 Å². The molecule has 0 saturated heterocycles. The summed E-state index contributed by atoms with van der Waals surface area (Å²) in [5.74, 6) is 1.75. The number of halogens is 1. The summed E-state index contributed by atoms with van der Waals surface area (Å²) in [5.41, 5.74) is 6.37. The topological polar surface area (TPSA) is 62.8 Å². The predicted octanol–water partition coefficient (Wildman–Crippen LogP) is 5.47. The van der Waals surface area contributed by atoms with Crippen LogP contribution in [0.4, 0.5) is 0 Å². The summed E-state index contributed by atoms with van der Waals surface area (Å²) >= 11 is 3.53. The van der Waals surface area contributed by atoms with Crippen molar-refractivity contribution >= 4 is 21.6 Å². The van der Waals surface area contributed by atoms with Crippen LogP contribution in [0.3, 0.4) is 0 Å². The van der Waals surface area contributed by atoms with E-state index in [9.17, 15) is 5.11 Å². The molecule has 2 atom stereocenters. The molecule has 0 radical (unpaired) electrons. The smallest absolute Gasteiger partial charge is 0.231 e. The molecular weight excluding hydrogens is 456 g/mol. The molecule has 3 aromatic carbocycles. The zero-order chi connectivity index (χ0) is 21.5. The number of hydrogen-bond donors (Lipinski definition) is 3. The molecule has 0 spiro atoms. The Balaban J connectivity index is 1.59. The van der Waals surface area contributed by atoms with E-state index in [0.29, 0.717) is 0 Å². The number of rotatable bonds is 3. The molecule has 2 aliphatic rings. The molecule has 3 aromatic rings. The Hall–Kier alpha value is -2.96. The van der Waals surface area contributed by atoms with Crippen molar-refractivity contribution in [2.75, 3.05) is 6.79 Å². The van der Waals surface area contributed by atoms with Gasteiger partial charge in [-0.25, -0.2) is 0 Å². The minimum Gasteiger partial charge on any atom is -0.508 e. The highest BCUT2D eigenvalue weighted by atomic mass is 79.9. The fraction of sp³-hybridized carbons (Fsp3) is 0.200. The molecular formula is C25H23BrN2O3. The van der Waals surface area contributed by atoms with E-state index in [1.165, 1.54) is 11.1 Å². The van der Waals surface area contributed by atoms with E-state index in [-0.39, 0.29) is 24.8 Å². The normalized spacial score (nSPS) is 19.6. The zero-order valence-corrected chi connectivity index (χ0v) is 18.9. The van der Waals surface area contributed by atoms with Gasteiger partial charge in [0.15, 0.2) is 11.5 Å². The molecule has 2 unspecified atom stereocenters. The summed E-state index contributed by atoms with van der Waals surface area (Å²) in [4.78, 5) is 0. The van der Waals surface area contributed by atoms with Crippen molar-refractivity contribution in [3.05, 3.63) is 93.0 Å². The second-order valence-electron chi connectivity index (χ2n) is 7.93. The van der Waals surface area contributed by atoms with Crippen LogP contribution in [0.2, 0.25) is 0 Å². The highest BCUT2D eigenvalue weighted by molar-refractivity contribution is 9.10. The summed E-state index contributed by atoms with van der Waals surface area (Å²) in [6, 6.07) is 17.7. The summed E-state index contributed by atoms with van der Waals surface area (Å²) in [6.45, 7) is 4.46. The molecule has 0 bridgehead atoms. The molecule has 158 valence electrons. The lowest BCUT2D eigenvalue weighted by Crippen LogP contribution is -2.40. The van der Waals surface area contributed by atoms with E-state index in [4.69, 9.17) is 9.47 Å². The Labute approximate surface area is 189 Å².